The van der Waals surface area contributed by atoms with Gasteiger partial charge in [-0.1, -0.05) is 169 Å². The molecule has 0 aromatic carbocycles. The highest BCUT2D eigenvalue weighted by Crippen LogP contribution is 2.15. The number of unbranched alkanes of at least 4 members (excludes halogenated alkanes) is 21. The van der Waals surface area contributed by atoms with Crippen LogP contribution in [-0.4, -0.2) is 37.2 Å². The third-order valence-electron chi connectivity index (χ3n) is 8.54. The number of hydrogen-bond donors (Lipinski definition) is 0. The summed E-state index contributed by atoms with van der Waals surface area (Å²) in [6.07, 6.45) is 29.7. The summed E-state index contributed by atoms with van der Waals surface area (Å²) in [5.41, 5.74) is 0. The van der Waals surface area contributed by atoms with Gasteiger partial charge in [-0.25, -0.2) is 0 Å². The van der Waals surface area contributed by atoms with E-state index in [-0.39, 0.29) is 31.1 Å². The van der Waals surface area contributed by atoms with Crippen LogP contribution < -0.4 is 0 Å². The number of rotatable bonds is 34. The lowest BCUT2D eigenvalue weighted by atomic mass is 10.0. The van der Waals surface area contributed by atoms with Crippen LogP contribution in [0.15, 0.2) is 0 Å². The van der Waals surface area contributed by atoms with Crippen molar-refractivity contribution in [2.75, 3.05) is 13.2 Å². The van der Waals surface area contributed by atoms with Crippen molar-refractivity contribution in [3.63, 3.8) is 0 Å². The van der Waals surface area contributed by atoms with E-state index in [4.69, 9.17) is 14.2 Å². The second kappa shape index (κ2) is 33.8. The van der Waals surface area contributed by atoms with E-state index in [0.29, 0.717) is 19.3 Å². The average molecular weight is 639 g/mol. The van der Waals surface area contributed by atoms with Gasteiger partial charge in [0.2, 0.25) is 0 Å². The molecule has 0 bridgehead atoms. The topological polar surface area (TPSA) is 78.9 Å². The Morgan fingerprint density at radius 1 is 0.422 bits per heavy atom. The minimum Gasteiger partial charge on any atom is -0.462 e. The van der Waals surface area contributed by atoms with Gasteiger partial charge in [0.05, 0.1) is 0 Å². The number of carbonyl (C=O) groups excluding carboxylic acids is 3. The molecule has 6 nitrogen and oxygen atoms in total. The zero-order valence-corrected chi connectivity index (χ0v) is 30.3. The number of hydrogen-bond acceptors (Lipinski definition) is 6. The van der Waals surface area contributed by atoms with Crippen LogP contribution in [0.5, 0.6) is 0 Å². The van der Waals surface area contributed by atoms with Gasteiger partial charge in [-0.15, -0.1) is 0 Å². The van der Waals surface area contributed by atoms with Gasteiger partial charge in [-0.05, 0) is 25.2 Å². The van der Waals surface area contributed by atoms with Gasteiger partial charge in [-0.2, -0.15) is 0 Å². The van der Waals surface area contributed by atoms with Gasteiger partial charge in [-0.3, -0.25) is 14.4 Å². The SMILES string of the molecule is CCCCCCCCCCCC(=O)O[C@@H](COC(=O)CCCCCCC)COC(=O)CCCCCCCCCCCCC(C)C. The maximum Gasteiger partial charge on any atom is 0.306 e. The molecule has 0 spiro atoms. The standard InChI is InChI=1S/C39H74O6/c1-5-7-9-11-12-15-20-24-28-32-39(42)45-36(33-43-37(40)30-26-21-10-8-6-2)34-44-38(41)31-27-23-19-17-14-13-16-18-22-25-29-35(3)4/h35-36H,5-34H2,1-4H3/t36-/m0/s1. The van der Waals surface area contributed by atoms with Crippen LogP contribution in [-0.2, 0) is 28.6 Å². The van der Waals surface area contributed by atoms with E-state index in [2.05, 4.69) is 27.7 Å². The molecular formula is C39H74O6. The summed E-state index contributed by atoms with van der Waals surface area (Å²) < 4.78 is 16.5. The Morgan fingerprint density at radius 3 is 1.09 bits per heavy atom. The van der Waals surface area contributed by atoms with Crippen LogP contribution in [0.2, 0.25) is 0 Å². The second-order valence-corrected chi connectivity index (χ2v) is 13.7. The van der Waals surface area contributed by atoms with E-state index in [1.54, 1.807) is 0 Å². The van der Waals surface area contributed by atoms with Crippen molar-refractivity contribution >= 4 is 17.9 Å². The molecule has 45 heavy (non-hydrogen) atoms. The van der Waals surface area contributed by atoms with Crippen molar-refractivity contribution < 1.29 is 28.6 Å². The van der Waals surface area contributed by atoms with Crippen molar-refractivity contribution in [1.82, 2.24) is 0 Å². The molecule has 0 N–H and O–H groups in total. The zero-order valence-electron chi connectivity index (χ0n) is 30.3. The summed E-state index contributed by atoms with van der Waals surface area (Å²) in [6.45, 7) is 8.85. The molecule has 0 aromatic rings. The fourth-order valence-electron chi connectivity index (χ4n) is 5.57. The molecule has 0 aliphatic heterocycles. The van der Waals surface area contributed by atoms with Crippen LogP contribution in [0, 0.1) is 5.92 Å². The molecule has 0 saturated heterocycles. The lowest BCUT2D eigenvalue weighted by molar-refractivity contribution is -0.167. The van der Waals surface area contributed by atoms with Gasteiger partial charge >= 0.3 is 17.9 Å². The molecule has 0 fully saturated rings. The van der Waals surface area contributed by atoms with E-state index in [9.17, 15) is 14.4 Å². The monoisotopic (exact) mass is 639 g/mol. The smallest absolute Gasteiger partial charge is 0.306 e. The molecule has 0 unspecified atom stereocenters. The van der Waals surface area contributed by atoms with E-state index in [0.717, 1.165) is 70.1 Å². The zero-order chi connectivity index (χ0) is 33.2. The third kappa shape index (κ3) is 33.6. The highest BCUT2D eigenvalue weighted by Gasteiger charge is 2.19. The first-order valence-corrected chi connectivity index (χ1v) is 19.4. The average Bonchev–Trinajstić information content (AvgIpc) is 3.01. The maximum absolute atomic E-state index is 12.5. The lowest BCUT2D eigenvalue weighted by Crippen LogP contribution is -2.30. The number of carbonyl (C=O) groups is 3. The van der Waals surface area contributed by atoms with E-state index < -0.39 is 6.10 Å². The highest BCUT2D eigenvalue weighted by molar-refractivity contribution is 5.71. The molecule has 0 amide bonds. The Balaban J connectivity index is 4.24. The first kappa shape index (κ1) is 43.4. The fraction of sp³-hybridized carbons (Fsp3) is 0.923. The normalized spacial score (nSPS) is 11.9. The van der Waals surface area contributed by atoms with E-state index >= 15 is 0 Å². The van der Waals surface area contributed by atoms with Gasteiger partial charge in [0.25, 0.3) is 0 Å². The van der Waals surface area contributed by atoms with Crippen molar-refractivity contribution in [1.29, 1.82) is 0 Å². The fourth-order valence-corrected chi connectivity index (χ4v) is 5.57. The van der Waals surface area contributed by atoms with Crippen LogP contribution in [0.1, 0.15) is 207 Å². The highest BCUT2D eigenvalue weighted by atomic mass is 16.6. The first-order valence-electron chi connectivity index (χ1n) is 19.4. The molecule has 0 radical (unpaired) electrons. The minimum absolute atomic E-state index is 0.0662. The van der Waals surface area contributed by atoms with Crippen molar-refractivity contribution in [2.24, 2.45) is 5.92 Å². The number of esters is 3. The van der Waals surface area contributed by atoms with Crippen molar-refractivity contribution in [3.05, 3.63) is 0 Å². The largest absolute Gasteiger partial charge is 0.462 e. The predicted molar refractivity (Wildman–Crippen MR) is 187 cm³/mol. The molecule has 0 aliphatic carbocycles. The van der Waals surface area contributed by atoms with Crippen LogP contribution >= 0.6 is 0 Å². The van der Waals surface area contributed by atoms with Gasteiger partial charge in [0, 0.05) is 19.3 Å². The summed E-state index contributed by atoms with van der Waals surface area (Å²) in [5.74, 6) is -0.0624. The molecule has 0 aromatic heterocycles. The van der Waals surface area contributed by atoms with Crippen LogP contribution in [0.25, 0.3) is 0 Å². The van der Waals surface area contributed by atoms with Gasteiger partial charge < -0.3 is 14.2 Å². The molecule has 6 heteroatoms. The summed E-state index contributed by atoms with van der Waals surface area (Å²) in [5, 5.41) is 0. The van der Waals surface area contributed by atoms with Gasteiger partial charge in [0.1, 0.15) is 13.2 Å². The Labute approximate surface area is 278 Å². The Kier molecular flexibility index (Phi) is 32.6. The Hall–Kier alpha value is -1.59. The molecule has 0 rings (SSSR count). The van der Waals surface area contributed by atoms with Gasteiger partial charge in [0.15, 0.2) is 6.10 Å². The maximum atomic E-state index is 12.5. The predicted octanol–water partition coefficient (Wildman–Crippen LogP) is 11.6. The molecule has 0 heterocycles. The lowest BCUT2D eigenvalue weighted by Gasteiger charge is -2.18. The molecule has 1 atom stereocenters. The third-order valence-corrected chi connectivity index (χ3v) is 8.54. The minimum atomic E-state index is -0.755. The molecular weight excluding hydrogens is 564 g/mol. The summed E-state index contributed by atoms with van der Waals surface area (Å²) in [7, 11) is 0. The van der Waals surface area contributed by atoms with Crippen molar-refractivity contribution in [2.45, 2.75) is 214 Å². The number of ether oxygens (including phenoxy) is 3. The van der Waals surface area contributed by atoms with E-state index in [1.807, 2.05) is 0 Å². The second-order valence-electron chi connectivity index (χ2n) is 13.7. The molecule has 0 saturated carbocycles. The molecule has 266 valence electrons. The van der Waals surface area contributed by atoms with Crippen molar-refractivity contribution in [3.8, 4) is 0 Å². The first-order chi connectivity index (χ1) is 21.9. The van der Waals surface area contributed by atoms with E-state index in [1.165, 1.54) is 96.3 Å². The Bertz CT molecular complexity index is 676. The summed E-state index contributed by atoms with van der Waals surface area (Å²) in [6, 6.07) is 0. The Morgan fingerprint density at radius 2 is 0.733 bits per heavy atom. The van der Waals surface area contributed by atoms with Crippen LogP contribution in [0.3, 0.4) is 0 Å². The quantitative estimate of drug-likeness (QED) is 0.0396. The molecule has 0 aliphatic rings. The van der Waals surface area contributed by atoms with Crippen LogP contribution in [0.4, 0.5) is 0 Å². The summed E-state index contributed by atoms with van der Waals surface area (Å²) >= 11 is 0. The summed E-state index contributed by atoms with van der Waals surface area (Å²) in [4.78, 5) is 37.2.